The molecule has 0 radical (unpaired) electrons. The minimum atomic E-state index is -0.244. The number of benzene rings is 1. The van der Waals surface area contributed by atoms with Crippen molar-refractivity contribution in [2.75, 3.05) is 0 Å². The third-order valence-electron chi connectivity index (χ3n) is 2.94. The van der Waals surface area contributed by atoms with Crippen molar-refractivity contribution in [3.63, 3.8) is 0 Å². The monoisotopic (exact) mass is 213 g/mol. The summed E-state index contributed by atoms with van der Waals surface area (Å²) in [5.74, 6) is -0.244. The van der Waals surface area contributed by atoms with Crippen LogP contribution in [0.5, 0.6) is 0 Å². The first-order valence-corrected chi connectivity index (χ1v) is 5.22. The Hall–Kier alpha value is -0.600. The first kappa shape index (κ1) is 9.94. The van der Waals surface area contributed by atoms with Gasteiger partial charge in [0.15, 0.2) is 0 Å². The molecule has 3 heteroatoms. The van der Waals surface area contributed by atoms with Gasteiger partial charge in [-0.2, -0.15) is 0 Å². The van der Waals surface area contributed by atoms with Gasteiger partial charge in [0.2, 0.25) is 0 Å². The molecule has 0 saturated carbocycles. The van der Waals surface area contributed by atoms with Crippen LogP contribution in [0.1, 0.15) is 35.6 Å². The molecule has 0 heterocycles. The molecule has 1 aliphatic carbocycles. The minimum absolute atomic E-state index is 0.0491. The summed E-state index contributed by atoms with van der Waals surface area (Å²) in [7, 11) is 0. The van der Waals surface area contributed by atoms with Gasteiger partial charge in [-0.15, -0.1) is 0 Å². The van der Waals surface area contributed by atoms with Gasteiger partial charge in [-0.05, 0) is 48.9 Å². The normalized spacial score (nSPS) is 20.7. The second kappa shape index (κ2) is 3.52. The molecular weight excluding hydrogens is 201 g/mol. The average molecular weight is 214 g/mol. The molecule has 1 aromatic carbocycles. The van der Waals surface area contributed by atoms with E-state index in [2.05, 4.69) is 0 Å². The van der Waals surface area contributed by atoms with E-state index >= 15 is 0 Å². The third-order valence-corrected chi connectivity index (χ3v) is 3.28. The Bertz CT molecular complexity index is 376. The lowest BCUT2D eigenvalue weighted by Crippen LogP contribution is -2.19. The number of rotatable bonds is 0. The highest BCUT2D eigenvalue weighted by atomic mass is 35.5. The molecule has 0 aromatic heterocycles. The van der Waals surface area contributed by atoms with Gasteiger partial charge in [-0.25, -0.2) is 4.39 Å². The molecule has 1 unspecified atom stereocenters. The summed E-state index contributed by atoms with van der Waals surface area (Å²) < 4.78 is 13.4. The van der Waals surface area contributed by atoms with Crippen LogP contribution in [-0.2, 0) is 6.42 Å². The van der Waals surface area contributed by atoms with Crippen LogP contribution in [0.3, 0.4) is 0 Å². The highest BCUT2D eigenvalue weighted by molar-refractivity contribution is 6.31. The third kappa shape index (κ3) is 1.43. The summed E-state index contributed by atoms with van der Waals surface area (Å²) in [5.41, 5.74) is 8.60. The quantitative estimate of drug-likeness (QED) is 0.704. The van der Waals surface area contributed by atoms with Gasteiger partial charge in [0.1, 0.15) is 5.82 Å². The van der Waals surface area contributed by atoms with E-state index in [1.165, 1.54) is 6.07 Å². The first-order chi connectivity index (χ1) is 6.61. The molecule has 0 spiro atoms. The van der Waals surface area contributed by atoms with Gasteiger partial charge in [-0.1, -0.05) is 11.6 Å². The molecule has 2 N–H and O–H groups in total. The zero-order valence-electron chi connectivity index (χ0n) is 8.11. The predicted octanol–water partition coefficient (Wildman–Crippen LogP) is 3.12. The summed E-state index contributed by atoms with van der Waals surface area (Å²) in [6.45, 7) is 1.77. The molecule has 2 rings (SSSR count). The Kier molecular flexibility index (Phi) is 2.50. The van der Waals surface area contributed by atoms with Crippen LogP contribution >= 0.6 is 11.6 Å². The molecule has 1 aromatic rings. The maximum Gasteiger partial charge on any atom is 0.127 e. The molecule has 0 aliphatic heterocycles. The van der Waals surface area contributed by atoms with Gasteiger partial charge in [0, 0.05) is 11.1 Å². The van der Waals surface area contributed by atoms with E-state index in [9.17, 15) is 4.39 Å². The summed E-state index contributed by atoms with van der Waals surface area (Å²) in [6.07, 6.45) is 2.88. The van der Waals surface area contributed by atoms with Crippen LogP contribution in [-0.4, -0.2) is 0 Å². The average Bonchev–Trinajstić information content (AvgIpc) is 2.14. The highest BCUT2D eigenvalue weighted by Gasteiger charge is 2.23. The van der Waals surface area contributed by atoms with Crippen LogP contribution in [0.15, 0.2) is 6.07 Å². The Morgan fingerprint density at radius 1 is 1.57 bits per heavy atom. The molecule has 0 bridgehead atoms. The van der Waals surface area contributed by atoms with Crippen LogP contribution in [0.25, 0.3) is 0 Å². The topological polar surface area (TPSA) is 26.0 Å². The molecule has 76 valence electrons. The molecule has 1 nitrogen and oxygen atoms in total. The number of hydrogen-bond acceptors (Lipinski definition) is 1. The molecule has 0 fully saturated rings. The Balaban J connectivity index is 2.67. The van der Waals surface area contributed by atoms with E-state index in [1.54, 1.807) is 6.92 Å². The van der Waals surface area contributed by atoms with E-state index in [1.807, 2.05) is 0 Å². The van der Waals surface area contributed by atoms with Crippen molar-refractivity contribution >= 4 is 11.6 Å². The van der Waals surface area contributed by atoms with Gasteiger partial charge >= 0.3 is 0 Å². The lowest BCUT2D eigenvalue weighted by atomic mass is 9.85. The fourth-order valence-corrected chi connectivity index (χ4v) is 2.48. The Morgan fingerprint density at radius 3 is 3.00 bits per heavy atom. The van der Waals surface area contributed by atoms with Crippen molar-refractivity contribution in [2.45, 2.75) is 32.2 Å². The van der Waals surface area contributed by atoms with Gasteiger partial charge in [-0.3, -0.25) is 0 Å². The van der Waals surface area contributed by atoms with Gasteiger partial charge < -0.3 is 5.73 Å². The van der Waals surface area contributed by atoms with Crippen molar-refractivity contribution in [2.24, 2.45) is 5.73 Å². The number of halogens is 2. The lowest BCUT2D eigenvalue weighted by Gasteiger charge is -2.25. The van der Waals surface area contributed by atoms with Crippen LogP contribution < -0.4 is 5.73 Å². The Morgan fingerprint density at radius 2 is 2.29 bits per heavy atom. The highest BCUT2D eigenvalue weighted by Crippen LogP contribution is 2.36. The first-order valence-electron chi connectivity index (χ1n) is 4.84. The summed E-state index contributed by atoms with van der Waals surface area (Å²) in [4.78, 5) is 0. The maximum absolute atomic E-state index is 13.4. The van der Waals surface area contributed by atoms with E-state index in [4.69, 9.17) is 17.3 Å². The zero-order chi connectivity index (χ0) is 10.3. The van der Waals surface area contributed by atoms with Crippen LogP contribution in [0.2, 0.25) is 5.02 Å². The molecule has 1 aliphatic rings. The molecule has 0 saturated heterocycles. The second-order valence-corrected chi connectivity index (χ2v) is 4.26. The van der Waals surface area contributed by atoms with E-state index < -0.39 is 0 Å². The summed E-state index contributed by atoms with van der Waals surface area (Å²) in [5, 5.41) is 0.526. The van der Waals surface area contributed by atoms with E-state index in [0.29, 0.717) is 10.6 Å². The predicted molar refractivity (Wildman–Crippen MR) is 56.0 cm³/mol. The van der Waals surface area contributed by atoms with Crippen molar-refractivity contribution < 1.29 is 4.39 Å². The SMILES string of the molecule is Cc1c(F)cc(Cl)c2c1C(N)CCC2. The standard InChI is InChI=1S/C11H13ClFN/c1-6-9(13)5-8(12)7-3-2-4-10(14)11(6)7/h5,10H,2-4,14H2,1H3. The molecule has 1 atom stereocenters. The van der Waals surface area contributed by atoms with Crippen molar-refractivity contribution in [3.8, 4) is 0 Å². The second-order valence-electron chi connectivity index (χ2n) is 3.86. The van der Waals surface area contributed by atoms with Gasteiger partial charge in [0.25, 0.3) is 0 Å². The lowest BCUT2D eigenvalue weighted by molar-refractivity contribution is 0.550. The van der Waals surface area contributed by atoms with E-state index in [0.717, 1.165) is 30.4 Å². The molecular formula is C11H13ClFN. The van der Waals surface area contributed by atoms with Crippen LogP contribution in [0, 0.1) is 12.7 Å². The number of hydrogen-bond donors (Lipinski definition) is 1. The fraction of sp³-hybridized carbons (Fsp3) is 0.455. The minimum Gasteiger partial charge on any atom is -0.324 e. The smallest absolute Gasteiger partial charge is 0.127 e. The molecule has 14 heavy (non-hydrogen) atoms. The summed E-state index contributed by atoms with van der Waals surface area (Å²) in [6, 6.07) is 1.35. The van der Waals surface area contributed by atoms with E-state index in [-0.39, 0.29) is 11.9 Å². The van der Waals surface area contributed by atoms with Crippen molar-refractivity contribution in [1.82, 2.24) is 0 Å². The largest absolute Gasteiger partial charge is 0.324 e. The van der Waals surface area contributed by atoms with Gasteiger partial charge in [0.05, 0.1) is 0 Å². The summed E-state index contributed by atoms with van der Waals surface area (Å²) >= 11 is 5.99. The Labute approximate surface area is 88.1 Å². The maximum atomic E-state index is 13.4. The fourth-order valence-electron chi connectivity index (χ4n) is 2.19. The molecule has 0 amide bonds. The zero-order valence-corrected chi connectivity index (χ0v) is 8.87. The van der Waals surface area contributed by atoms with Crippen LogP contribution in [0.4, 0.5) is 4.39 Å². The van der Waals surface area contributed by atoms with Crippen molar-refractivity contribution in [3.05, 3.63) is 33.6 Å². The van der Waals surface area contributed by atoms with Crippen molar-refractivity contribution in [1.29, 1.82) is 0 Å². The number of nitrogens with two attached hydrogens (primary N) is 1. The number of fused-ring (bicyclic) bond motifs is 1.